The SMILES string of the molecule is Cc1cc(CNc2cccc(Cl)c2C#N)cc(C)c1F. The summed E-state index contributed by atoms with van der Waals surface area (Å²) in [7, 11) is 0. The van der Waals surface area contributed by atoms with Gasteiger partial charge in [-0.25, -0.2) is 4.39 Å². The number of anilines is 1. The Balaban J connectivity index is 2.22. The summed E-state index contributed by atoms with van der Waals surface area (Å²) in [6.07, 6.45) is 0. The third-order valence-corrected chi connectivity index (χ3v) is 3.42. The van der Waals surface area contributed by atoms with Crippen molar-refractivity contribution in [2.75, 3.05) is 5.32 Å². The van der Waals surface area contributed by atoms with E-state index in [1.807, 2.05) is 0 Å². The number of benzene rings is 2. The number of hydrogen-bond acceptors (Lipinski definition) is 2. The standard InChI is InChI=1S/C16H14ClFN2/c1-10-6-12(7-11(2)16(10)18)9-20-15-5-3-4-14(17)13(15)8-19/h3-7,20H,9H2,1-2H3. The van der Waals surface area contributed by atoms with Gasteiger partial charge in [-0.05, 0) is 42.7 Å². The molecule has 2 nitrogen and oxygen atoms in total. The Labute approximate surface area is 122 Å². The number of rotatable bonds is 3. The molecule has 102 valence electrons. The Hall–Kier alpha value is -2.05. The molecule has 0 fully saturated rings. The summed E-state index contributed by atoms with van der Waals surface area (Å²) in [6, 6.07) is 10.9. The molecular formula is C16H14ClFN2. The van der Waals surface area contributed by atoms with Gasteiger partial charge < -0.3 is 5.32 Å². The first-order valence-corrected chi connectivity index (χ1v) is 6.59. The van der Waals surface area contributed by atoms with E-state index in [-0.39, 0.29) is 5.82 Å². The first-order chi connectivity index (χ1) is 9.52. The Morgan fingerprint density at radius 3 is 2.50 bits per heavy atom. The summed E-state index contributed by atoms with van der Waals surface area (Å²) in [4.78, 5) is 0. The molecule has 0 radical (unpaired) electrons. The van der Waals surface area contributed by atoms with Crippen LogP contribution in [0.15, 0.2) is 30.3 Å². The lowest BCUT2D eigenvalue weighted by Crippen LogP contribution is -2.03. The first kappa shape index (κ1) is 14.4. The normalized spacial score (nSPS) is 10.2. The van der Waals surface area contributed by atoms with Crippen molar-refractivity contribution in [1.29, 1.82) is 5.26 Å². The van der Waals surface area contributed by atoms with Gasteiger partial charge in [0, 0.05) is 6.54 Å². The van der Waals surface area contributed by atoms with Crippen LogP contribution in [0, 0.1) is 31.0 Å². The first-order valence-electron chi connectivity index (χ1n) is 6.21. The van der Waals surface area contributed by atoms with E-state index in [0.717, 1.165) is 5.56 Å². The maximum Gasteiger partial charge on any atom is 0.129 e. The van der Waals surface area contributed by atoms with Crippen LogP contribution in [0.2, 0.25) is 5.02 Å². The fourth-order valence-electron chi connectivity index (χ4n) is 2.12. The van der Waals surface area contributed by atoms with E-state index in [1.165, 1.54) is 0 Å². The molecule has 4 heteroatoms. The van der Waals surface area contributed by atoms with E-state index in [2.05, 4.69) is 11.4 Å². The molecule has 0 unspecified atom stereocenters. The summed E-state index contributed by atoms with van der Waals surface area (Å²) < 4.78 is 13.6. The second-order valence-corrected chi connectivity index (χ2v) is 5.08. The molecule has 0 bridgehead atoms. The molecule has 0 atom stereocenters. The molecule has 0 aliphatic carbocycles. The molecule has 0 heterocycles. The molecule has 0 aliphatic heterocycles. The average Bonchev–Trinajstić information content (AvgIpc) is 2.42. The lowest BCUT2D eigenvalue weighted by molar-refractivity contribution is 0.608. The van der Waals surface area contributed by atoms with Gasteiger partial charge in [0.2, 0.25) is 0 Å². The van der Waals surface area contributed by atoms with Crippen LogP contribution in [0.25, 0.3) is 0 Å². The zero-order valence-corrected chi connectivity index (χ0v) is 12.1. The van der Waals surface area contributed by atoms with Crippen molar-refractivity contribution in [3.63, 3.8) is 0 Å². The minimum absolute atomic E-state index is 0.172. The number of nitrogens with one attached hydrogen (secondary N) is 1. The summed E-state index contributed by atoms with van der Waals surface area (Å²) in [6.45, 7) is 3.99. The van der Waals surface area contributed by atoms with Gasteiger partial charge in [-0.3, -0.25) is 0 Å². The number of nitriles is 1. The van der Waals surface area contributed by atoms with E-state index >= 15 is 0 Å². The maximum absolute atomic E-state index is 13.6. The van der Waals surface area contributed by atoms with Crippen LogP contribution in [0.4, 0.5) is 10.1 Å². The summed E-state index contributed by atoms with van der Waals surface area (Å²) in [5, 5.41) is 12.7. The van der Waals surface area contributed by atoms with E-state index in [0.29, 0.717) is 33.9 Å². The minimum atomic E-state index is -0.172. The van der Waals surface area contributed by atoms with Gasteiger partial charge in [-0.15, -0.1) is 0 Å². The lowest BCUT2D eigenvalue weighted by atomic mass is 10.1. The van der Waals surface area contributed by atoms with E-state index in [9.17, 15) is 4.39 Å². The molecular weight excluding hydrogens is 275 g/mol. The van der Waals surface area contributed by atoms with Gasteiger partial charge in [-0.2, -0.15) is 5.26 Å². The molecule has 0 aliphatic rings. The highest BCUT2D eigenvalue weighted by Gasteiger charge is 2.07. The topological polar surface area (TPSA) is 35.8 Å². The Morgan fingerprint density at radius 1 is 1.25 bits per heavy atom. The van der Waals surface area contributed by atoms with Gasteiger partial charge in [0.15, 0.2) is 0 Å². The highest BCUT2D eigenvalue weighted by molar-refractivity contribution is 6.32. The van der Waals surface area contributed by atoms with Gasteiger partial charge in [0.1, 0.15) is 11.9 Å². The predicted octanol–water partition coefficient (Wildman–Crippen LogP) is 4.58. The van der Waals surface area contributed by atoms with Crippen molar-refractivity contribution in [2.45, 2.75) is 20.4 Å². The van der Waals surface area contributed by atoms with Crippen LogP contribution in [0.3, 0.4) is 0 Å². The van der Waals surface area contributed by atoms with Gasteiger partial charge in [-0.1, -0.05) is 29.8 Å². The molecule has 20 heavy (non-hydrogen) atoms. The number of hydrogen-bond donors (Lipinski definition) is 1. The fourth-order valence-corrected chi connectivity index (χ4v) is 2.34. The third kappa shape index (κ3) is 2.92. The highest BCUT2D eigenvalue weighted by atomic mass is 35.5. The monoisotopic (exact) mass is 288 g/mol. The molecule has 1 N–H and O–H groups in total. The Bertz CT molecular complexity index is 666. The minimum Gasteiger partial charge on any atom is -0.380 e. The van der Waals surface area contributed by atoms with Crippen molar-refractivity contribution < 1.29 is 4.39 Å². The zero-order chi connectivity index (χ0) is 14.7. The van der Waals surface area contributed by atoms with Crippen molar-refractivity contribution in [3.05, 3.63) is 63.4 Å². The number of nitrogens with zero attached hydrogens (tertiary/aromatic N) is 1. The average molecular weight is 289 g/mol. The van der Waals surface area contributed by atoms with Crippen LogP contribution >= 0.6 is 11.6 Å². The van der Waals surface area contributed by atoms with Crippen LogP contribution in [-0.4, -0.2) is 0 Å². The second kappa shape index (κ2) is 5.94. The zero-order valence-electron chi connectivity index (χ0n) is 11.3. The predicted molar refractivity (Wildman–Crippen MR) is 79.4 cm³/mol. The molecule has 0 spiro atoms. The van der Waals surface area contributed by atoms with Crippen molar-refractivity contribution in [2.24, 2.45) is 0 Å². The van der Waals surface area contributed by atoms with Crippen molar-refractivity contribution in [1.82, 2.24) is 0 Å². The molecule has 2 rings (SSSR count). The van der Waals surface area contributed by atoms with Crippen molar-refractivity contribution >= 4 is 17.3 Å². The molecule has 2 aromatic rings. The quantitative estimate of drug-likeness (QED) is 0.897. The number of halogens is 2. The van der Waals surface area contributed by atoms with Gasteiger partial charge in [0.25, 0.3) is 0 Å². The number of aryl methyl sites for hydroxylation is 2. The van der Waals surface area contributed by atoms with E-state index in [1.54, 1.807) is 44.2 Å². The highest BCUT2D eigenvalue weighted by Crippen LogP contribution is 2.24. The molecule has 0 saturated carbocycles. The second-order valence-electron chi connectivity index (χ2n) is 4.67. The van der Waals surface area contributed by atoms with Gasteiger partial charge >= 0.3 is 0 Å². The van der Waals surface area contributed by atoms with E-state index < -0.39 is 0 Å². The largest absolute Gasteiger partial charge is 0.380 e. The third-order valence-electron chi connectivity index (χ3n) is 3.10. The summed E-state index contributed by atoms with van der Waals surface area (Å²) in [5.41, 5.74) is 3.30. The Kier molecular flexibility index (Phi) is 4.26. The fraction of sp³-hybridized carbons (Fsp3) is 0.188. The van der Waals surface area contributed by atoms with E-state index in [4.69, 9.17) is 16.9 Å². The molecule has 0 amide bonds. The maximum atomic E-state index is 13.6. The van der Waals surface area contributed by atoms with Crippen LogP contribution in [0.5, 0.6) is 0 Å². The lowest BCUT2D eigenvalue weighted by Gasteiger charge is -2.11. The molecule has 0 saturated heterocycles. The smallest absolute Gasteiger partial charge is 0.129 e. The summed E-state index contributed by atoms with van der Waals surface area (Å²) >= 11 is 5.97. The van der Waals surface area contributed by atoms with Crippen LogP contribution in [-0.2, 0) is 6.54 Å². The van der Waals surface area contributed by atoms with Crippen LogP contribution < -0.4 is 5.32 Å². The van der Waals surface area contributed by atoms with Crippen molar-refractivity contribution in [3.8, 4) is 6.07 Å². The van der Waals surface area contributed by atoms with Gasteiger partial charge in [0.05, 0.1) is 16.3 Å². The molecule has 0 aromatic heterocycles. The summed E-state index contributed by atoms with van der Waals surface area (Å²) in [5.74, 6) is -0.172. The Morgan fingerprint density at radius 2 is 1.90 bits per heavy atom. The van der Waals surface area contributed by atoms with Crippen LogP contribution in [0.1, 0.15) is 22.3 Å². The molecule has 2 aromatic carbocycles.